The van der Waals surface area contributed by atoms with Crippen LogP contribution in [0.25, 0.3) is 10.7 Å². The quantitative estimate of drug-likeness (QED) is 0.498. The van der Waals surface area contributed by atoms with Crippen LogP contribution in [0.1, 0.15) is 5.56 Å². The largest absolute Gasteiger partial charge is 0.325 e. The van der Waals surface area contributed by atoms with E-state index in [1.807, 2.05) is 82.6 Å². The van der Waals surface area contributed by atoms with Crippen molar-refractivity contribution in [3.63, 3.8) is 0 Å². The summed E-state index contributed by atoms with van der Waals surface area (Å²) in [7, 11) is 0. The molecular formula is C19H17N5OS2. The van der Waals surface area contributed by atoms with Crippen molar-refractivity contribution in [1.29, 1.82) is 0 Å². The molecule has 0 saturated heterocycles. The Hall–Kier alpha value is -2.84. The SMILES string of the molecule is Cc1ccc(NC(=O)CSc2nnc(-c3cccs3)n2-n2cccc2)cc1. The van der Waals surface area contributed by atoms with E-state index in [1.54, 1.807) is 11.3 Å². The van der Waals surface area contributed by atoms with Crippen molar-refractivity contribution in [3.05, 3.63) is 71.9 Å². The average molecular weight is 396 g/mol. The van der Waals surface area contributed by atoms with E-state index in [9.17, 15) is 4.79 Å². The van der Waals surface area contributed by atoms with Crippen LogP contribution in [0.5, 0.6) is 0 Å². The van der Waals surface area contributed by atoms with Crippen molar-refractivity contribution in [2.75, 3.05) is 11.1 Å². The van der Waals surface area contributed by atoms with Crippen LogP contribution in [0.4, 0.5) is 5.69 Å². The number of carbonyl (C=O) groups is 1. The molecule has 1 aromatic carbocycles. The molecule has 4 rings (SSSR count). The van der Waals surface area contributed by atoms with Crippen LogP contribution in [-0.4, -0.2) is 31.2 Å². The summed E-state index contributed by atoms with van der Waals surface area (Å²) in [6, 6.07) is 15.6. The highest BCUT2D eigenvalue weighted by atomic mass is 32.2. The summed E-state index contributed by atoms with van der Waals surface area (Å²) in [5.74, 6) is 0.920. The van der Waals surface area contributed by atoms with Gasteiger partial charge in [0.2, 0.25) is 11.1 Å². The van der Waals surface area contributed by atoms with Crippen LogP contribution in [0, 0.1) is 6.92 Å². The summed E-state index contributed by atoms with van der Waals surface area (Å²) in [6.07, 6.45) is 3.85. The highest BCUT2D eigenvalue weighted by molar-refractivity contribution is 7.99. The van der Waals surface area contributed by atoms with Gasteiger partial charge in [-0.15, -0.1) is 21.5 Å². The second-order valence-corrected chi connectivity index (χ2v) is 7.75. The lowest BCUT2D eigenvalue weighted by molar-refractivity contribution is -0.113. The summed E-state index contributed by atoms with van der Waals surface area (Å²) >= 11 is 2.96. The molecule has 0 unspecified atom stereocenters. The van der Waals surface area contributed by atoms with E-state index in [-0.39, 0.29) is 11.7 Å². The normalized spacial score (nSPS) is 10.9. The van der Waals surface area contributed by atoms with Gasteiger partial charge in [0.25, 0.3) is 0 Å². The number of benzene rings is 1. The Labute approximate surface area is 164 Å². The van der Waals surface area contributed by atoms with Gasteiger partial charge >= 0.3 is 0 Å². The molecule has 0 spiro atoms. The molecule has 0 aliphatic rings. The maximum atomic E-state index is 12.3. The van der Waals surface area contributed by atoms with Crippen molar-refractivity contribution in [3.8, 4) is 10.7 Å². The smallest absolute Gasteiger partial charge is 0.234 e. The molecule has 136 valence electrons. The standard InChI is InChI=1S/C19H17N5OS2/c1-14-6-8-15(9-7-14)20-17(25)13-27-19-22-21-18(16-5-4-12-26-16)24(19)23-10-2-3-11-23/h2-12H,13H2,1H3,(H,20,25). The molecule has 27 heavy (non-hydrogen) atoms. The zero-order valence-electron chi connectivity index (χ0n) is 14.6. The molecule has 0 fully saturated rings. The van der Waals surface area contributed by atoms with Crippen LogP contribution < -0.4 is 5.32 Å². The van der Waals surface area contributed by atoms with E-state index < -0.39 is 0 Å². The molecular weight excluding hydrogens is 378 g/mol. The van der Waals surface area contributed by atoms with Gasteiger partial charge in [-0.25, -0.2) is 4.68 Å². The number of rotatable bonds is 6. The first kappa shape index (κ1) is 17.6. The van der Waals surface area contributed by atoms with Gasteiger partial charge in [-0.05, 0) is 42.6 Å². The summed E-state index contributed by atoms with van der Waals surface area (Å²) in [5, 5.41) is 14.2. The third-order valence-corrected chi connectivity index (χ3v) is 5.63. The van der Waals surface area contributed by atoms with Gasteiger partial charge < -0.3 is 5.32 Å². The molecule has 3 heterocycles. The minimum absolute atomic E-state index is 0.0800. The minimum Gasteiger partial charge on any atom is -0.325 e. The molecule has 0 aliphatic carbocycles. The first-order chi connectivity index (χ1) is 13.2. The fraction of sp³-hybridized carbons (Fsp3) is 0.105. The predicted molar refractivity (Wildman–Crippen MR) is 109 cm³/mol. The molecule has 0 saturated carbocycles. The highest BCUT2D eigenvalue weighted by Crippen LogP contribution is 2.27. The fourth-order valence-corrected chi connectivity index (χ4v) is 3.97. The molecule has 0 radical (unpaired) electrons. The van der Waals surface area contributed by atoms with Crippen LogP contribution in [-0.2, 0) is 4.79 Å². The van der Waals surface area contributed by atoms with Gasteiger partial charge in [-0.1, -0.05) is 35.5 Å². The van der Waals surface area contributed by atoms with Crippen molar-refractivity contribution in [2.24, 2.45) is 0 Å². The van der Waals surface area contributed by atoms with Gasteiger partial charge in [-0.3, -0.25) is 9.47 Å². The average Bonchev–Trinajstić information content (AvgIpc) is 3.42. The maximum Gasteiger partial charge on any atom is 0.234 e. The monoisotopic (exact) mass is 395 g/mol. The number of anilines is 1. The molecule has 6 nitrogen and oxygen atoms in total. The Kier molecular flexibility index (Phi) is 5.08. The zero-order valence-corrected chi connectivity index (χ0v) is 16.2. The minimum atomic E-state index is -0.0800. The lowest BCUT2D eigenvalue weighted by Crippen LogP contribution is -2.15. The lowest BCUT2D eigenvalue weighted by atomic mass is 10.2. The Balaban J connectivity index is 1.52. The Morgan fingerprint density at radius 2 is 1.89 bits per heavy atom. The Morgan fingerprint density at radius 1 is 1.11 bits per heavy atom. The van der Waals surface area contributed by atoms with Crippen molar-refractivity contribution < 1.29 is 4.79 Å². The van der Waals surface area contributed by atoms with E-state index in [0.717, 1.165) is 22.0 Å². The first-order valence-electron chi connectivity index (χ1n) is 8.33. The first-order valence-corrected chi connectivity index (χ1v) is 10.2. The number of amides is 1. The number of hydrogen-bond donors (Lipinski definition) is 1. The number of hydrogen-bond acceptors (Lipinski definition) is 5. The molecule has 8 heteroatoms. The number of carbonyl (C=O) groups excluding carboxylic acids is 1. The van der Waals surface area contributed by atoms with Crippen LogP contribution >= 0.6 is 23.1 Å². The lowest BCUT2D eigenvalue weighted by Gasteiger charge is -2.10. The van der Waals surface area contributed by atoms with E-state index in [0.29, 0.717) is 5.16 Å². The van der Waals surface area contributed by atoms with E-state index in [2.05, 4.69) is 15.5 Å². The van der Waals surface area contributed by atoms with E-state index >= 15 is 0 Å². The van der Waals surface area contributed by atoms with Crippen molar-refractivity contribution in [1.82, 2.24) is 19.5 Å². The number of nitrogens with one attached hydrogen (secondary N) is 1. The third kappa shape index (κ3) is 3.96. The number of nitrogens with zero attached hydrogens (tertiary/aromatic N) is 4. The summed E-state index contributed by atoms with van der Waals surface area (Å²) in [5.41, 5.74) is 1.95. The summed E-state index contributed by atoms with van der Waals surface area (Å²) < 4.78 is 3.82. The van der Waals surface area contributed by atoms with Gasteiger partial charge in [0, 0.05) is 18.1 Å². The molecule has 1 N–H and O–H groups in total. The summed E-state index contributed by atoms with van der Waals surface area (Å²) in [4.78, 5) is 13.3. The second-order valence-electron chi connectivity index (χ2n) is 5.86. The van der Waals surface area contributed by atoms with Crippen molar-refractivity contribution >= 4 is 34.7 Å². The van der Waals surface area contributed by atoms with Gasteiger partial charge in [0.15, 0.2) is 5.82 Å². The number of aryl methyl sites for hydroxylation is 1. The van der Waals surface area contributed by atoms with E-state index in [4.69, 9.17) is 0 Å². The molecule has 0 bridgehead atoms. The number of thioether (sulfide) groups is 1. The summed E-state index contributed by atoms with van der Waals surface area (Å²) in [6.45, 7) is 2.01. The molecule has 4 aromatic rings. The van der Waals surface area contributed by atoms with E-state index in [1.165, 1.54) is 11.8 Å². The van der Waals surface area contributed by atoms with Gasteiger partial charge in [0.05, 0.1) is 10.6 Å². The predicted octanol–water partition coefficient (Wildman–Crippen LogP) is 4.16. The van der Waals surface area contributed by atoms with Crippen LogP contribution in [0.2, 0.25) is 0 Å². The number of aromatic nitrogens is 4. The van der Waals surface area contributed by atoms with Crippen molar-refractivity contribution in [2.45, 2.75) is 12.1 Å². The van der Waals surface area contributed by atoms with Gasteiger partial charge in [-0.2, -0.15) is 0 Å². The molecule has 0 atom stereocenters. The number of thiophene rings is 1. The van der Waals surface area contributed by atoms with Gasteiger partial charge in [0.1, 0.15) is 0 Å². The topological polar surface area (TPSA) is 64.7 Å². The second kappa shape index (κ2) is 7.81. The molecule has 3 aromatic heterocycles. The third-order valence-electron chi connectivity index (χ3n) is 3.84. The molecule has 0 aliphatic heterocycles. The highest BCUT2D eigenvalue weighted by Gasteiger charge is 2.17. The molecule has 1 amide bonds. The Bertz CT molecular complexity index is 1020. The Morgan fingerprint density at radius 3 is 2.59 bits per heavy atom. The maximum absolute atomic E-state index is 12.3. The fourth-order valence-electron chi connectivity index (χ4n) is 2.55. The van der Waals surface area contributed by atoms with Crippen LogP contribution in [0.3, 0.4) is 0 Å². The zero-order chi connectivity index (χ0) is 18.6. The van der Waals surface area contributed by atoms with Crippen LogP contribution in [0.15, 0.2) is 71.5 Å².